The lowest BCUT2D eigenvalue weighted by Gasteiger charge is -2.17. The number of benzene rings is 1. The average molecular weight is 402 g/mol. The van der Waals surface area contributed by atoms with Crippen LogP contribution in [0.4, 0.5) is 0 Å². The number of carboxylic acid groups (broad SMARTS) is 1. The van der Waals surface area contributed by atoms with Crippen LogP contribution in [0.15, 0.2) is 24.3 Å². The summed E-state index contributed by atoms with van der Waals surface area (Å²) in [5.74, 6) is -1.72. The first-order valence-corrected chi connectivity index (χ1v) is 7.60. The van der Waals surface area contributed by atoms with Crippen molar-refractivity contribution in [2.75, 3.05) is 0 Å². The molecular weight excluding hydrogens is 387 g/mol. The first-order valence-electron chi connectivity index (χ1n) is 6.52. The molecule has 1 fully saturated rings. The fraction of sp³-hybridized carbons (Fsp3) is 0.357. The van der Waals surface area contributed by atoms with E-state index in [4.69, 9.17) is 0 Å². The van der Waals surface area contributed by atoms with Crippen molar-refractivity contribution in [3.8, 4) is 0 Å². The molecule has 0 aromatic heterocycles. The van der Waals surface area contributed by atoms with Crippen LogP contribution in [-0.4, -0.2) is 35.0 Å². The van der Waals surface area contributed by atoms with Crippen LogP contribution < -0.4 is 10.6 Å². The third-order valence-electron chi connectivity index (χ3n) is 3.26. The Morgan fingerprint density at radius 2 is 2.24 bits per heavy atom. The molecule has 1 saturated heterocycles. The number of carbonyl (C=O) groups is 3. The number of aliphatic carboxylic acids is 1. The van der Waals surface area contributed by atoms with Gasteiger partial charge in [0.2, 0.25) is 11.8 Å². The summed E-state index contributed by atoms with van der Waals surface area (Å²) in [6.07, 6.45) is 0.908. The maximum absolute atomic E-state index is 12.0. The van der Waals surface area contributed by atoms with Crippen LogP contribution in [0.25, 0.3) is 0 Å². The minimum atomic E-state index is -1.09. The van der Waals surface area contributed by atoms with E-state index >= 15 is 0 Å². The predicted molar refractivity (Wildman–Crippen MR) is 83.6 cm³/mol. The highest BCUT2D eigenvalue weighted by Gasteiger charge is 2.30. The van der Waals surface area contributed by atoms with Gasteiger partial charge in [0.1, 0.15) is 12.1 Å². The molecule has 7 heteroatoms. The lowest BCUT2D eigenvalue weighted by Crippen LogP contribution is -2.49. The standard InChI is InChI=1S/C14H15IN2O4/c15-9-3-1-2-8(6-9)7-11(14(20)21)17-13(19)10-4-5-12(18)16-10/h1-3,6,10-11H,4-5,7H2,(H,16,18)(H,17,19)(H,20,21)/t10-,11+/m1/s1. The molecule has 1 aromatic carbocycles. The number of halogens is 1. The van der Waals surface area contributed by atoms with Crippen LogP contribution in [0.3, 0.4) is 0 Å². The summed E-state index contributed by atoms with van der Waals surface area (Å²) >= 11 is 2.15. The highest BCUT2D eigenvalue weighted by atomic mass is 127. The molecule has 0 saturated carbocycles. The van der Waals surface area contributed by atoms with Crippen LogP contribution in [0.2, 0.25) is 0 Å². The average Bonchev–Trinajstić information content (AvgIpc) is 2.84. The first-order chi connectivity index (χ1) is 9.95. The molecule has 2 amide bonds. The highest BCUT2D eigenvalue weighted by Crippen LogP contribution is 2.11. The molecule has 1 aliphatic rings. The van der Waals surface area contributed by atoms with Crippen molar-refractivity contribution in [2.45, 2.75) is 31.3 Å². The zero-order chi connectivity index (χ0) is 15.4. The van der Waals surface area contributed by atoms with Crippen molar-refractivity contribution >= 4 is 40.4 Å². The number of nitrogens with one attached hydrogen (secondary N) is 2. The van der Waals surface area contributed by atoms with Crippen LogP contribution in [-0.2, 0) is 20.8 Å². The van der Waals surface area contributed by atoms with E-state index in [0.717, 1.165) is 9.13 Å². The Labute approximate surface area is 135 Å². The van der Waals surface area contributed by atoms with Crippen molar-refractivity contribution in [1.82, 2.24) is 10.6 Å². The fourth-order valence-corrected chi connectivity index (χ4v) is 2.79. The topological polar surface area (TPSA) is 95.5 Å². The molecule has 21 heavy (non-hydrogen) atoms. The molecule has 0 bridgehead atoms. The SMILES string of the molecule is O=C1CC[C@H](C(=O)N[C@@H](Cc2cccc(I)c2)C(=O)O)N1. The van der Waals surface area contributed by atoms with Gasteiger partial charge >= 0.3 is 5.97 Å². The smallest absolute Gasteiger partial charge is 0.326 e. The van der Waals surface area contributed by atoms with Crippen LogP contribution >= 0.6 is 22.6 Å². The second-order valence-corrected chi connectivity index (χ2v) is 6.14. The summed E-state index contributed by atoms with van der Waals surface area (Å²) < 4.78 is 1.00. The van der Waals surface area contributed by atoms with Gasteiger partial charge in [0.15, 0.2) is 0 Å². The van der Waals surface area contributed by atoms with Crippen molar-refractivity contribution in [2.24, 2.45) is 0 Å². The van der Waals surface area contributed by atoms with Crippen molar-refractivity contribution in [1.29, 1.82) is 0 Å². The van der Waals surface area contributed by atoms with E-state index < -0.39 is 24.0 Å². The van der Waals surface area contributed by atoms with Gasteiger partial charge in [-0.05, 0) is 46.7 Å². The lowest BCUT2D eigenvalue weighted by molar-refractivity contribution is -0.142. The van der Waals surface area contributed by atoms with Gasteiger partial charge in [-0.2, -0.15) is 0 Å². The predicted octanol–water partition coefficient (Wildman–Crippen LogP) is 0.682. The number of rotatable bonds is 5. The number of hydrogen-bond acceptors (Lipinski definition) is 3. The Kier molecular flexibility index (Phi) is 5.16. The second-order valence-electron chi connectivity index (χ2n) is 4.89. The Balaban J connectivity index is 2.00. The van der Waals surface area contributed by atoms with Gasteiger partial charge in [-0.3, -0.25) is 9.59 Å². The molecule has 1 heterocycles. The summed E-state index contributed by atoms with van der Waals surface area (Å²) in [4.78, 5) is 34.4. The first kappa shape index (κ1) is 15.7. The molecule has 6 nitrogen and oxygen atoms in total. The molecule has 0 spiro atoms. The molecule has 0 aliphatic carbocycles. The van der Waals surface area contributed by atoms with Crippen LogP contribution in [0, 0.1) is 3.57 Å². The Morgan fingerprint density at radius 3 is 2.81 bits per heavy atom. The fourth-order valence-electron chi connectivity index (χ4n) is 2.18. The van der Waals surface area contributed by atoms with Crippen LogP contribution in [0.1, 0.15) is 18.4 Å². The molecule has 3 N–H and O–H groups in total. The Hall–Kier alpha value is -1.64. The van der Waals surface area contributed by atoms with Gasteiger partial charge in [0.25, 0.3) is 0 Å². The molecule has 2 atom stereocenters. The van der Waals surface area contributed by atoms with E-state index in [0.29, 0.717) is 12.8 Å². The molecule has 112 valence electrons. The number of amides is 2. The van der Waals surface area contributed by atoms with Gasteiger partial charge in [0, 0.05) is 16.4 Å². The van der Waals surface area contributed by atoms with Crippen molar-refractivity contribution in [3.63, 3.8) is 0 Å². The minimum Gasteiger partial charge on any atom is -0.480 e. The maximum atomic E-state index is 12.0. The minimum absolute atomic E-state index is 0.181. The van der Waals surface area contributed by atoms with Gasteiger partial charge < -0.3 is 15.7 Å². The van der Waals surface area contributed by atoms with E-state index in [9.17, 15) is 19.5 Å². The van der Waals surface area contributed by atoms with E-state index in [-0.39, 0.29) is 12.3 Å². The summed E-state index contributed by atoms with van der Waals surface area (Å²) in [5.41, 5.74) is 0.838. The summed E-state index contributed by atoms with van der Waals surface area (Å²) in [5, 5.41) is 14.3. The highest BCUT2D eigenvalue weighted by molar-refractivity contribution is 14.1. The molecular formula is C14H15IN2O4. The zero-order valence-electron chi connectivity index (χ0n) is 11.1. The van der Waals surface area contributed by atoms with Gasteiger partial charge in [-0.15, -0.1) is 0 Å². The van der Waals surface area contributed by atoms with Gasteiger partial charge in [-0.1, -0.05) is 12.1 Å². The van der Waals surface area contributed by atoms with E-state index in [1.165, 1.54) is 0 Å². The number of carboxylic acids is 1. The quantitative estimate of drug-likeness (QED) is 0.632. The van der Waals surface area contributed by atoms with Crippen molar-refractivity contribution < 1.29 is 19.5 Å². The molecule has 0 unspecified atom stereocenters. The normalized spacial score (nSPS) is 18.9. The van der Waals surface area contributed by atoms with E-state index in [1.54, 1.807) is 0 Å². The number of hydrogen-bond donors (Lipinski definition) is 3. The third kappa shape index (κ3) is 4.42. The molecule has 0 radical (unpaired) electrons. The third-order valence-corrected chi connectivity index (χ3v) is 3.93. The van der Waals surface area contributed by atoms with Gasteiger partial charge in [-0.25, -0.2) is 4.79 Å². The summed E-state index contributed by atoms with van der Waals surface area (Å²) in [6, 6.07) is 5.81. The molecule has 1 aromatic rings. The van der Waals surface area contributed by atoms with Crippen molar-refractivity contribution in [3.05, 3.63) is 33.4 Å². The Morgan fingerprint density at radius 1 is 1.48 bits per heavy atom. The van der Waals surface area contributed by atoms with Gasteiger partial charge in [0.05, 0.1) is 0 Å². The molecule has 2 rings (SSSR count). The van der Waals surface area contributed by atoms with Crippen LogP contribution in [0.5, 0.6) is 0 Å². The Bertz CT molecular complexity index is 576. The summed E-state index contributed by atoms with van der Waals surface area (Å²) in [7, 11) is 0. The lowest BCUT2D eigenvalue weighted by atomic mass is 10.1. The van der Waals surface area contributed by atoms with E-state index in [1.807, 2.05) is 24.3 Å². The summed E-state index contributed by atoms with van der Waals surface area (Å²) in [6.45, 7) is 0. The number of carbonyl (C=O) groups excluding carboxylic acids is 2. The second kappa shape index (κ2) is 6.88. The zero-order valence-corrected chi connectivity index (χ0v) is 13.3. The largest absolute Gasteiger partial charge is 0.480 e. The molecule has 1 aliphatic heterocycles. The monoisotopic (exact) mass is 402 g/mol. The van der Waals surface area contributed by atoms with E-state index in [2.05, 4.69) is 33.2 Å². The maximum Gasteiger partial charge on any atom is 0.326 e.